The predicted molar refractivity (Wildman–Crippen MR) is 184 cm³/mol. The van der Waals surface area contributed by atoms with Crippen molar-refractivity contribution in [3.63, 3.8) is 0 Å². The topological polar surface area (TPSA) is 75.5 Å². The first-order valence-electron chi connectivity index (χ1n) is 16.0. The molecular formula is C40H43N3O3. The number of carbonyl (C=O) groups is 1. The molecule has 0 spiro atoms. The zero-order chi connectivity index (χ0) is 32.7. The molecule has 1 aliphatic rings. The maximum absolute atomic E-state index is 13.2. The van der Waals surface area contributed by atoms with Crippen LogP contribution in [-0.4, -0.2) is 34.0 Å². The van der Waals surface area contributed by atoms with Crippen LogP contribution in [0.15, 0.2) is 79.1 Å². The highest BCUT2D eigenvalue weighted by atomic mass is 16.6. The number of aromatic nitrogens is 1. The molecule has 0 saturated carbocycles. The number of benzene rings is 3. The molecule has 46 heavy (non-hydrogen) atoms. The summed E-state index contributed by atoms with van der Waals surface area (Å²) in [6.45, 7) is 11.7. The van der Waals surface area contributed by atoms with Crippen molar-refractivity contribution >= 4 is 18.1 Å². The number of esters is 1. The largest absolute Gasteiger partial charge is 0.488 e. The van der Waals surface area contributed by atoms with Gasteiger partial charge in [-0.05, 0) is 99.5 Å². The Morgan fingerprint density at radius 1 is 1.00 bits per heavy atom. The molecule has 1 aromatic heterocycles. The summed E-state index contributed by atoms with van der Waals surface area (Å²) in [5.41, 5.74) is 8.75. The van der Waals surface area contributed by atoms with E-state index in [9.17, 15) is 10.1 Å². The molecule has 0 bridgehead atoms. The van der Waals surface area contributed by atoms with Gasteiger partial charge in [0.25, 0.3) is 0 Å². The van der Waals surface area contributed by atoms with Crippen LogP contribution < -0.4 is 4.74 Å². The van der Waals surface area contributed by atoms with Gasteiger partial charge in [0.2, 0.25) is 0 Å². The van der Waals surface area contributed by atoms with E-state index in [0.717, 1.165) is 59.4 Å². The number of nitrogens with zero attached hydrogens (tertiary/aromatic N) is 3. The highest BCUT2D eigenvalue weighted by molar-refractivity contribution is 5.79. The van der Waals surface area contributed by atoms with Crippen molar-refractivity contribution < 1.29 is 14.3 Å². The third-order valence-electron chi connectivity index (χ3n) is 8.34. The number of ether oxygens (including phenoxy) is 2. The van der Waals surface area contributed by atoms with Crippen LogP contribution in [0.2, 0.25) is 0 Å². The van der Waals surface area contributed by atoms with Crippen molar-refractivity contribution in [3.05, 3.63) is 118 Å². The molecule has 0 radical (unpaired) electrons. The van der Waals surface area contributed by atoms with E-state index in [1.54, 1.807) is 18.5 Å². The Morgan fingerprint density at radius 3 is 2.54 bits per heavy atom. The molecule has 0 amide bonds. The maximum atomic E-state index is 13.2. The van der Waals surface area contributed by atoms with E-state index < -0.39 is 5.60 Å². The molecule has 236 valence electrons. The second kappa shape index (κ2) is 14.6. The Balaban J connectivity index is 1.46. The maximum Gasteiger partial charge on any atom is 0.323 e. The number of piperidine rings is 1. The predicted octanol–water partition coefficient (Wildman–Crippen LogP) is 8.68. The first kappa shape index (κ1) is 32.7. The number of hydrogen-bond donors (Lipinski definition) is 0. The summed E-state index contributed by atoms with van der Waals surface area (Å²) in [6.07, 6.45) is 10.4. The van der Waals surface area contributed by atoms with Gasteiger partial charge in [0.1, 0.15) is 30.1 Å². The molecule has 4 aromatic rings. The van der Waals surface area contributed by atoms with E-state index >= 15 is 0 Å². The van der Waals surface area contributed by atoms with E-state index in [-0.39, 0.29) is 18.6 Å². The molecule has 0 unspecified atom stereocenters. The number of rotatable bonds is 9. The van der Waals surface area contributed by atoms with Crippen LogP contribution in [0, 0.1) is 25.2 Å². The Hall–Kier alpha value is -4.73. The second-order valence-corrected chi connectivity index (χ2v) is 13.0. The van der Waals surface area contributed by atoms with Crippen LogP contribution in [0.4, 0.5) is 0 Å². The first-order chi connectivity index (χ1) is 22.1. The Kier molecular flexibility index (Phi) is 10.3. The van der Waals surface area contributed by atoms with Gasteiger partial charge in [-0.2, -0.15) is 5.26 Å². The van der Waals surface area contributed by atoms with Crippen molar-refractivity contribution in [2.45, 2.75) is 78.7 Å². The second-order valence-electron chi connectivity index (χ2n) is 13.0. The lowest BCUT2D eigenvalue weighted by Crippen LogP contribution is -2.46. The number of aryl methyl sites for hydroxylation is 1. The van der Waals surface area contributed by atoms with Crippen LogP contribution in [-0.2, 0) is 22.7 Å². The molecule has 1 saturated heterocycles. The molecule has 6 nitrogen and oxygen atoms in total. The zero-order valence-corrected chi connectivity index (χ0v) is 27.5. The lowest BCUT2D eigenvalue weighted by Gasteiger charge is -2.36. The first-order valence-corrected chi connectivity index (χ1v) is 16.0. The summed E-state index contributed by atoms with van der Waals surface area (Å²) < 4.78 is 12.3. The normalized spacial score (nSPS) is 15.4. The SMILES string of the molecule is Cc1cc(CN2CCCC[C@H]2C(=O)OC(C)(C)C)c(OCc2cncc(C#N)c2)cc1/C=C/c1cccc(-c2ccccc2)c1C. The quantitative estimate of drug-likeness (QED) is 0.139. The van der Waals surface area contributed by atoms with Gasteiger partial charge in [-0.15, -0.1) is 0 Å². The van der Waals surface area contributed by atoms with Gasteiger partial charge in [0.15, 0.2) is 0 Å². The van der Waals surface area contributed by atoms with E-state index in [2.05, 4.69) is 96.5 Å². The van der Waals surface area contributed by atoms with Crippen molar-refractivity contribution in [2.75, 3.05) is 6.54 Å². The minimum absolute atomic E-state index is 0.168. The average molecular weight is 614 g/mol. The molecule has 1 aliphatic heterocycles. The van der Waals surface area contributed by atoms with Gasteiger partial charge >= 0.3 is 5.97 Å². The van der Waals surface area contributed by atoms with Crippen LogP contribution in [0.3, 0.4) is 0 Å². The third-order valence-corrected chi connectivity index (χ3v) is 8.34. The molecule has 0 N–H and O–H groups in total. The summed E-state index contributed by atoms with van der Waals surface area (Å²) in [5.74, 6) is 0.578. The molecular weight excluding hydrogens is 570 g/mol. The fourth-order valence-corrected chi connectivity index (χ4v) is 5.97. The van der Waals surface area contributed by atoms with E-state index in [4.69, 9.17) is 9.47 Å². The molecule has 1 fully saturated rings. The highest BCUT2D eigenvalue weighted by Crippen LogP contribution is 2.32. The molecule has 5 rings (SSSR count). The summed E-state index contributed by atoms with van der Waals surface area (Å²) in [5, 5.41) is 9.35. The van der Waals surface area contributed by atoms with Gasteiger partial charge in [-0.1, -0.05) is 73.2 Å². The minimum atomic E-state index is -0.538. The fourth-order valence-electron chi connectivity index (χ4n) is 5.97. The Morgan fingerprint density at radius 2 is 1.78 bits per heavy atom. The van der Waals surface area contributed by atoms with Crippen molar-refractivity contribution in [3.8, 4) is 22.9 Å². The number of likely N-dealkylation sites (tertiary alicyclic amines) is 1. The van der Waals surface area contributed by atoms with Crippen molar-refractivity contribution in [1.29, 1.82) is 5.26 Å². The molecule has 3 aromatic carbocycles. The minimum Gasteiger partial charge on any atom is -0.488 e. The van der Waals surface area contributed by atoms with Gasteiger partial charge in [0.05, 0.1) is 5.56 Å². The molecule has 0 aliphatic carbocycles. The van der Waals surface area contributed by atoms with Gasteiger partial charge in [0, 0.05) is 30.1 Å². The molecule has 2 heterocycles. The van der Waals surface area contributed by atoms with E-state index in [1.165, 1.54) is 16.7 Å². The smallest absolute Gasteiger partial charge is 0.323 e. The van der Waals surface area contributed by atoms with Gasteiger partial charge < -0.3 is 9.47 Å². The summed E-state index contributed by atoms with van der Waals surface area (Å²) in [6, 6.07) is 24.8. The Bertz CT molecular complexity index is 1750. The monoisotopic (exact) mass is 613 g/mol. The van der Waals surface area contributed by atoms with Crippen LogP contribution in [0.25, 0.3) is 23.3 Å². The number of pyridine rings is 1. The summed E-state index contributed by atoms with van der Waals surface area (Å²) >= 11 is 0. The standard InChI is InChI=1S/C40H43N3O3/c1-28-20-35(26-43-19-10-9-16-37(43)39(44)46-40(3,4)5)38(45-27-31-21-30(23-41)24-42-25-31)22-34(28)18-17-32-14-11-15-36(29(32)2)33-12-7-6-8-13-33/h6-8,11-15,17-18,20-22,24-25,37H,9-10,16,19,26-27H2,1-5H3/b18-17+/t37-/m0/s1. The number of hydrogen-bond acceptors (Lipinski definition) is 6. The third kappa shape index (κ3) is 8.29. The van der Waals surface area contributed by atoms with Crippen LogP contribution in [0.5, 0.6) is 5.75 Å². The fraction of sp³-hybridized carbons (Fsp3) is 0.325. The Labute approximate surface area is 273 Å². The van der Waals surface area contributed by atoms with Crippen LogP contribution >= 0.6 is 0 Å². The molecule has 6 heteroatoms. The lowest BCUT2D eigenvalue weighted by atomic mass is 9.95. The number of nitriles is 1. The average Bonchev–Trinajstić information content (AvgIpc) is 3.04. The van der Waals surface area contributed by atoms with Crippen molar-refractivity contribution in [1.82, 2.24) is 9.88 Å². The van der Waals surface area contributed by atoms with Gasteiger partial charge in [-0.25, -0.2) is 0 Å². The van der Waals surface area contributed by atoms with E-state index in [1.807, 2.05) is 26.8 Å². The van der Waals surface area contributed by atoms with Gasteiger partial charge in [-0.3, -0.25) is 14.7 Å². The lowest BCUT2D eigenvalue weighted by molar-refractivity contribution is -0.163. The van der Waals surface area contributed by atoms with Crippen LogP contribution in [0.1, 0.15) is 79.0 Å². The highest BCUT2D eigenvalue weighted by Gasteiger charge is 2.33. The molecule has 1 atom stereocenters. The zero-order valence-electron chi connectivity index (χ0n) is 27.5. The van der Waals surface area contributed by atoms with Crippen molar-refractivity contribution in [2.24, 2.45) is 0 Å². The summed E-state index contributed by atoms with van der Waals surface area (Å²) in [4.78, 5) is 19.6. The summed E-state index contributed by atoms with van der Waals surface area (Å²) in [7, 11) is 0. The number of carbonyl (C=O) groups excluding carboxylic acids is 1. The van der Waals surface area contributed by atoms with E-state index in [0.29, 0.717) is 12.1 Å².